The average molecular weight is 597 g/mol. The van der Waals surface area contributed by atoms with E-state index in [1.54, 1.807) is 0 Å². The van der Waals surface area contributed by atoms with Crippen molar-refractivity contribution in [2.24, 2.45) is 0 Å². The Kier molecular flexibility index (Phi) is 5.64. The van der Waals surface area contributed by atoms with Crippen molar-refractivity contribution >= 4 is 65.0 Å². The van der Waals surface area contributed by atoms with E-state index in [1.165, 1.54) is 76.5 Å². The predicted molar refractivity (Wildman–Crippen MR) is 200 cm³/mol. The molecule has 0 amide bonds. The summed E-state index contributed by atoms with van der Waals surface area (Å²) < 4.78 is 6.44. The lowest BCUT2D eigenvalue weighted by Crippen LogP contribution is -1.90. The molecule has 0 unspecified atom stereocenters. The van der Waals surface area contributed by atoms with E-state index < -0.39 is 0 Å². The third kappa shape index (κ3) is 3.97. The van der Waals surface area contributed by atoms with E-state index in [0.29, 0.717) is 0 Å². The molecular weight excluding hydrogens is 569 g/mol. The zero-order valence-corrected chi connectivity index (χ0v) is 25.6. The van der Waals surface area contributed by atoms with Crippen LogP contribution in [0.2, 0.25) is 0 Å². The molecule has 0 fully saturated rings. The quantitative estimate of drug-likeness (QED) is 0.146. The summed E-state index contributed by atoms with van der Waals surface area (Å²) in [7, 11) is 0. The summed E-state index contributed by atoms with van der Waals surface area (Å²) in [5.41, 5.74) is 9.19. The van der Waals surface area contributed by atoms with Gasteiger partial charge in [-0.3, -0.25) is 0 Å². The van der Waals surface area contributed by atoms with Crippen molar-refractivity contribution in [3.8, 4) is 33.4 Å². The molecule has 0 spiro atoms. The van der Waals surface area contributed by atoms with Gasteiger partial charge in [-0.1, -0.05) is 140 Å². The van der Waals surface area contributed by atoms with Crippen LogP contribution in [0.3, 0.4) is 0 Å². The van der Waals surface area contributed by atoms with Gasteiger partial charge in [0, 0.05) is 10.8 Å². The first-order valence-electron chi connectivity index (χ1n) is 16.2. The predicted octanol–water partition coefficient (Wildman–Crippen LogP) is 13.2. The minimum absolute atomic E-state index is 0.902. The first-order valence-corrected chi connectivity index (χ1v) is 16.2. The molecule has 10 aromatic rings. The van der Waals surface area contributed by atoms with Crippen molar-refractivity contribution in [3.63, 3.8) is 0 Å². The number of hydrogen-bond donors (Lipinski definition) is 0. The van der Waals surface area contributed by atoms with E-state index >= 15 is 0 Å². The Balaban J connectivity index is 1.23. The minimum Gasteiger partial charge on any atom is -0.456 e. The van der Waals surface area contributed by atoms with Gasteiger partial charge in [-0.15, -0.1) is 0 Å². The zero-order valence-electron chi connectivity index (χ0n) is 25.6. The Morgan fingerprint density at radius 1 is 0.277 bits per heavy atom. The highest BCUT2D eigenvalue weighted by Crippen LogP contribution is 2.45. The number of hydrogen-bond acceptors (Lipinski definition) is 1. The molecule has 0 bridgehead atoms. The van der Waals surface area contributed by atoms with Crippen molar-refractivity contribution in [1.29, 1.82) is 0 Å². The molecule has 1 aromatic heterocycles. The number of rotatable bonds is 3. The molecule has 0 aliphatic heterocycles. The van der Waals surface area contributed by atoms with E-state index in [1.807, 2.05) is 0 Å². The first kappa shape index (κ1) is 26.1. The van der Waals surface area contributed by atoms with Gasteiger partial charge in [0.1, 0.15) is 11.2 Å². The fourth-order valence-corrected chi connectivity index (χ4v) is 7.75. The van der Waals surface area contributed by atoms with Gasteiger partial charge in [0.25, 0.3) is 0 Å². The molecular formula is C46H28O. The van der Waals surface area contributed by atoms with Crippen LogP contribution in [-0.2, 0) is 0 Å². The molecule has 1 heterocycles. The highest BCUT2D eigenvalue weighted by atomic mass is 16.3. The van der Waals surface area contributed by atoms with Gasteiger partial charge in [-0.25, -0.2) is 0 Å². The molecule has 218 valence electrons. The van der Waals surface area contributed by atoms with Crippen LogP contribution in [0.5, 0.6) is 0 Å². The maximum atomic E-state index is 6.44. The van der Waals surface area contributed by atoms with Crippen LogP contribution in [0.25, 0.3) is 98.4 Å². The second-order valence-corrected chi connectivity index (χ2v) is 12.4. The van der Waals surface area contributed by atoms with E-state index in [4.69, 9.17) is 4.42 Å². The topological polar surface area (TPSA) is 13.1 Å². The van der Waals surface area contributed by atoms with Gasteiger partial charge >= 0.3 is 0 Å². The van der Waals surface area contributed by atoms with Crippen LogP contribution in [0.15, 0.2) is 174 Å². The Morgan fingerprint density at radius 3 is 1.38 bits per heavy atom. The second kappa shape index (κ2) is 10.2. The highest BCUT2D eigenvalue weighted by molar-refractivity contribution is 6.22. The lowest BCUT2D eigenvalue weighted by molar-refractivity contribution is 0.669. The molecule has 0 N–H and O–H groups in total. The van der Waals surface area contributed by atoms with E-state index in [-0.39, 0.29) is 0 Å². The van der Waals surface area contributed by atoms with Gasteiger partial charge in [0.05, 0.1) is 0 Å². The Bertz CT molecular complexity index is 2780. The summed E-state index contributed by atoms with van der Waals surface area (Å²) in [6, 6.07) is 61.5. The first-order chi connectivity index (χ1) is 23.3. The lowest BCUT2D eigenvalue weighted by Gasteiger charge is -2.17. The summed E-state index contributed by atoms with van der Waals surface area (Å²) in [6.07, 6.45) is 0. The molecule has 47 heavy (non-hydrogen) atoms. The number of fused-ring (bicyclic) bond motifs is 8. The standard InChI is InChI=1S/C46H28O/c1-2-12-29(13-3-1)45-36-18-8-10-20-38(36)46(39-21-11-9-19-37(39)45)32-23-25-44-42(28-32)41-27-31(22-24-43(41)47-44)40-26-30-14-4-5-15-33(30)34-16-6-7-17-35(34)40/h1-28H. The summed E-state index contributed by atoms with van der Waals surface area (Å²) in [5.74, 6) is 0. The third-order valence-corrected chi connectivity index (χ3v) is 9.83. The molecule has 10 rings (SSSR count). The zero-order chi connectivity index (χ0) is 30.9. The molecule has 0 aliphatic rings. The molecule has 1 nitrogen and oxygen atoms in total. The molecule has 0 saturated heterocycles. The monoisotopic (exact) mass is 596 g/mol. The number of benzene rings is 9. The van der Waals surface area contributed by atoms with Crippen molar-refractivity contribution in [1.82, 2.24) is 0 Å². The smallest absolute Gasteiger partial charge is 0.135 e. The van der Waals surface area contributed by atoms with E-state index in [0.717, 1.165) is 21.9 Å². The van der Waals surface area contributed by atoms with Crippen molar-refractivity contribution < 1.29 is 4.42 Å². The van der Waals surface area contributed by atoms with E-state index in [9.17, 15) is 0 Å². The summed E-state index contributed by atoms with van der Waals surface area (Å²) in [4.78, 5) is 0. The molecule has 0 atom stereocenters. The molecule has 0 aliphatic carbocycles. The van der Waals surface area contributed by atoms with Crippen LogP contribution in [0.1, 0.15) is 0 Å². The van der Waals surface area contributed by atoms with Crippen LogP contribution in [-0.4, -0.2) is 0 Å². The maximum Gasteiger partial charge on any atom is 0.135 e. The third-order valence-electron chi connectivity index (χ3n) is 9.83. The Labute approximate surface area is 271 Å². The normalized spacial score (nSPS) is 11.8. The van der Waals surface area contributed by atoms with Gasteiger partial charge in [-0.05, 0) is 107 Å². The largest absolute Gasteiger partial charge is 0.456 e. The van der Waals surface area contributed by atoms with Crippen LogP contribution in [0, 0.1) is 0 Å². The Hall–Kier alpha value is -6.18. The average Bonchev–Trinajstić information content (AvgIpc) is 3.51. The highest BCUT2D eigenvalue weighted by Gasteiger charge is 2.18. The maximum absolute atomic E-state index is 6.44. The summed E-state index contributed by atoms with van der Waals surface area (Å²) in [6.45, 7) is 0. The van der Waals surface area contributed by atoms with E-state index in [2.05, 4.69) is 170 Å². The molecule has 0 radical (unpaired) electrons. The van der Waals surface area contributed by atoms with Crippen molar-refractivity contribution in [3.05, 3.63) is 170 Å². The van der Waals surface area contributed by atoms with Crippen LogP contribution < -0.4 is 0 Å². The fourth-order valence-electron chi connectivity index (χ4n) is 7.75. The van der Waals surface area contributed by atoms with Gasteiger partial charge in [0.15, 0.2) is 0 Å². The summed E-state index contributed by atoms with van der Waals surface area (Å²) >= 11 is 0. The van der Waals surface area contributed by atoms with Crippen LogP contribution >= 0.6 is 0 Å². The molecule has 0 saturated carbocycles. The summed E-state index contributed by atoms with van der Waals surface area (Å²) in [5, 5.41) is 12.3. The number of furan rings is 1. The minimum atomic E-state index is 0.902. The molecule has 9 aromatic carbocycles. The van der Waals surface area contributed by atoms with Crippen molar-refractivity contribution in [2.75, 3.05) is 0 Å². The van der Waals surface area contributed by atoms with Crippen LogP contribution in [0.4, 0.5) is 0 Å². The van der Waals surface area contributed by atoms with Gasteiger partial charge in [-0.2, -0.15) is 0 Å². The fraction of sp³-hybridized carbons (Fsp3) is 0. The lowest BCUT2D eigenvalue weighted by atomic mass is 9.86. The second-order valence-electron chi connectivity index (χ2n) is 12.4. The SMILES string of the molecule is c1ccc(-c2c3ccccc3c(-c3ccc4oc5ccc(-c6cc7ccccc7c7ccccc67)cc5c4c3)c3ccccc23)cc1. The van der Waals surface area contributed by atoms with Crippen molar-refractivity contribution in [2.45, 2.75) is 0 Å². The van der Waals surface area contributed by atoms with Gasteiger partial charge < -0.3 is 4.42 Å². The molecule has 1 heteroatoms. The van der Waals surface area contributed by atoms with Gasteiger partial charge in [0.2, 0.25) is 0 Å². The Morgan fingerprint density at radius 2 is 0.745 bits per heavy atom.